The minimum atomic E-state index is -4.26. The Bertz CT molecular complexity index is 238. The number of hydrogen-bond acceptors (Lipinski definition) is 3. The number of nitrogens with one attached hydrogen (secondary N) is 1. The van der Waals surface area contributed by atoms with Gasteiger partial charge in [-0.2, -0.15) is 13.2 Å². The van der Waals surface area contributed by atoms with E-state index >= 15 is 0 Å². The molecule has 0 amide bonds. The van der Waals surface area contributed by atoms with Gasteiger partial charge in [0.25, 0.3) is 0 Å². The fraction of sp³-hybridized carbons (Fsp3) is 1.00. The number of aliphatic hydroxyl groups excluding tert-OH is 1. The molecule has 2 N–H and O–H groups in total. The monoisotopic (exact) mass is 269 g/mol. The minimum absolute atomic E-state index is 0.0132. The van der Waals surface area contributed by atoms with Crippen molar-refractivity contribution < 1.29 is 23.0 Å². The predicted molar refractivity (Wildman–Crippen MR) is 62.4 cm³/mol. The zero-order chi connectivity index (χ0) is 13.6. The molecule has 1 aliphatic rings. The van der Waals surface area contributed by atoms with Crippen LogP contribution in [0.3, 0.4) is 0 Å². The van der Waals surface area contributed by atoms with E-state index in [9.17, 15) is 18.3 Å². The van der Waals surface area contributed by atoms with Crippen molar-refractivity contribution in [3.05, 3.63) is 0 Å². The van der Waals surface area contributed by atoms with Crippen molar-refractivity contribution in [1.82, 2.24) is 5.32 Å². The maximum atomic E-state index is 11.9. The molecule has 1 atom stereocenters. The Hall–Kier alpha value is -0.330. The number of rotatable bonds is 9. The smallest absolute Gasteiger partial charge is 0.394 e. The van der Waals surface area contributed by atoms with E-state index in [1.165, 1.54) is 0 Å². The summed E-state index contributed by atoms with van der Waals surface area (Å²) in [6.07, 6.45) is -0.110. The number of ether oxygens (including phenoxy) is 1. The fourth-order valence-corrected chi connectivity index (χ4v) is 1.95. The second kappa shape index (κ2) is 6.73. The normalized spacial score (nSPS) is 19.8. The van der Waals surface area contributed by atoms with Crippen LogP contribution in [-0.2, 0) is 4.74 Å². The molecule has 1 rings (SSSR count). The first-order chi connectivity index (χ1) is 8.41. The molecule has 0 saturated heterocycles. The number of halogens is 3. The lowest BCUT2D eigenvalue weighted by molar-refractivity contribution is -0.174. The van der Waals surface area contributed by atoms with Gasteiger partial charge in [-0.1, -0.05) is 6.92 Å². The minimum Gasteiger partial charge on any atom is -0.394 e. The molecule has 0 aromatic rings. The van der Waals surface area contributed by atoms with Crippen molar-refractivity contribution in [3.63, 3.8) is 0 Å². The lowest BCUT2D eigenvalue weighted by Gasteiger charge is -2.32. The number of aliphatic hydroxyl groups is 1. The van der Waals surface area contributed by atoms with Crippen LogP contribution in [0.4, 0.5) is 13.2 Å². The third-order valence-electron chi connectivity index (χ3n) is 3.28. The molecule has 1 unspecified atom stereocenters. The van der Waals surface area contributed by atoms with Gasteiger partial charge in [0.05, 0.1) is 6.61 Å². The summed E-state index contributed by atoms with van der Waals surface area (Å²) < 4.78 is 40.1. The van der Waals surface area contributed by atoms with Crippen molar-refractivity contribution in [2.45, 2.75) is 56.8 Å². The van der Waals surface area contributed by atoms with Gasteiger partial charge in [-0.15, -0.1) is 0 Å². The van der Waals surface area contributed by atoms with Crippen molar-refractivity contribution in [3.8, 4) is 0 Å². The third kappa shape index (κ3) is 6.02. The van der Waals surface area contributed by atoms with E-state index in [2.05, 4.69) is 10.1 Å². The van der Waals surface area contributed by atoms with Crippen LogP contribution >= 0.6 is 0 Å². The maximum absolute atomic E-state index is 11.9. The predicted octanol–water partition coefficient (Wildman–Crippen LogP) is 2.24. The molecule has 0 heterocycles. The SMILES string of the molecule is CCC(CO)(CCCOCC(F)(F)F)NC1CC1. The van der Waals surface area contributed by atoms with Gasteiger partial charge in [0.15, 0.2) is 0 Å². The molecule has 1 aliphatic carbocycles. The van der Waals surface area contributed by atoms with E-state index in [1.54, 1.807) is 0 Å². The van der Waals surface area contributed by atoms with Gasteiger partial charge in [0, 0.05) is 18.2 Å². The zero-order valence-corrected chi connectivity index (χ0v) is 10.7. The van der Waals surface area contributed by atoms with Crippen LogP contribution in [0, 0.1) is 0 Å². The van der Waals surface area contributed by atoms with Gasteiger partial charge in [-0.05, 0) is 32.1 Å². The van der Waals surface area contributed by atoms with Gasteiger partial charge in [-0.25, -0.2) is 0 Å². The Labute approximate surface area is 106 Å². The quantitative estimate of drug-likeness (QED) is 0.631. The zero-order valence-electron chi connectivity index (χ0n) is 10.7. The lowest BCUT2D eigenvalue weighted by Crippen LogP contribution is -2.49. The summed E-state index contributed by atoms with van der Waals surface area (Å²) in [5.74, 6) is 0. The van der Waals surface area contributed by atoms with Crippen molar-refractivity contribution in [2.24, 2.45) is 0 Å². The molecular formula is C12H22F3NO2. The van der Waals surface area contributed by atoms with Crippen LogP contribution in [0.25, 0.3) is 0 Å². The van der Waals surface area contributed by atoms with E-state index in [-0.39, 0.29) is 18.8 Å². The summed E-state index contributed by atoms with van der Waals surface area (Å²) in [7, 11) is 0. The maximum Gasteiger partial charge on any atom is 0.411 e. The first-order valence-corrected chi connectivity index (χ1v) is 6.44. The Morgan fingerprint density at radius 1 is 1.33 bits per heavy atom. The molecule has 0 spiro atoms. The highest BCUT2D eigenvalue weighted by atomic mass is 19.4. The van der Waals surface area contributed by atoms with E-state index in [1.807, 2.05) is 6.92 Å². The Kier molecular flexibility index (Phi) is 5.88. The van der Waals surface area contributed by atoms with Crippen LogP contribution in [0.5, 0.6) is 0 Å². The highest BCUT2D eigenvalue weighted by Crippen LogP contribution is 2.26. The molecule has 0 bridgehead atoms. The molecule has 6 heteroatoms. The van der Waals surface area contributed by atoms with Gasteiger partial charge in [0.1, 0.15) is 6.61 Å². The third-order valence-corrected chi connectivity index (χ3v) is 3.28. The summed E-state index contributed by atoms with van der Waals surface area (Å²) >= 11 is 0. The molecule has 108 valence electrons. The molecule has 0 aromatic heterocycles. The molecule has 3 nitrogen and oxygen atoms in total. The molecule has 0 aliphatic heterocycles. The van der Waals surface area contributed by atoms with Crippen LogP contribution in [-0.4, -0.2) is 42.7 Å². The highest BCUT2D eigenvalue weighted by Gasteiger charge is 2.34. The van der Waals surface area contributed by atoms with Gasteiger partial charge >= 0.3 is 6.18 Å². The summed E-state index contributed by atoms with van der Waals surface area (Å²) in [6, 6.07) is 0.466. The van der Waals surface area contributed by atoms with Crippen molar-refractivity contribution in [1.29, 1.82) is 0 Å². The molecule has 0 radical (unpaired) electrons. The van der Waals surface area contributed by atoms with Crippen LogP contribution < -0.4 is 5.32 Å². The Balaban J connectivity index is 2.20. The van der Waals surface area contributed by atoms with E-state index in [0.29, 0.717) is 18.9 Å². The fourth-order valence-electron chi connectivity index (χ4n) is 1.95. The molecule has 18 heavy (non-hydrogen) atoms. The van der Waals surface area contributed by atoms with Gasteiger partial charge < -0.3 is 15.2 Å². The Morgan fingerprint density at radius 3 is 2.44 bits per heavy atom. The van der Waals surface area contributed by atoms with Crippen molar-refractivity contribution in [2.75, 3.05) is 19.8 Å². The largest absolute Gasteiger partial charge is 0.411 e. The standard InChI is InChI=1S/C12H22F3NO2/c1-2-11(8-17,16-10-4-5-10)6-3-7-18-9-12(13,14)15/h10,16-17H,2-9H2,1H3. The molecular weight excluding hydrogens is 247 g/mol. The van der Waals surface area contributed by atoms with E-state index in [4.69, 9.17) is 0 Å². The first kappa shape index (κ1) is 15.7. The summed E-state index contributed by atoms with van der Waals surface area (Å²) in [4.78, 5) is 0. The average molecular weight is 269 g/mol. The topological polar surface area (TPSA) is 41.5 Å². The van der Waals surface area contributed by atoms with Gasteiger partial charge in [-0.3, -0.25) is 0 Å². The summed E-state index contributed by atoms with van der Waals surface area (Å²) in [5, 5.41) is 12.8. The number of alkyl halides is 3. The van der Waals surface area contributed by atoms with E-state index < -0.39 is 12.8 Å². The molecule has 0 aromatic carbocycles. The van der Waals surface area contributed by atoms with Crippen LogP contribution in [0.2, 0.25) is 0 Å². The number of hydrogen-bond donors (Lipinski definition) is 2. The highest BCUT2D eigenvalue weighted by molar-refractivity contribution is 4.94. The van der Waals surface area contributed by atoms with Crippen molar-refractivity contribution >= 4 is 0 Å². The lowest BCUT2D eigenvalue weighted by atomic mass is 9.91. The van der Waals surface area contributed by atoms with Gasteiger partial charge in [0.2, 0.25) is 0 Å². The second-order valence-corrected chi connectivity index (χ2v) is 4.98. The van der Waals surface area contributed by atoms with Crippen LogP contribution in [0.1, 0.15) is 39.0 Å². The summed E-state index contributed by atoms with van der Waals surface area (Å²) in [5.41, 5.74) is -0.358. The Morgan fingerprint density at radius 2 is 2.00 bits per heavy atom. The molecule has 1 saturated carbocycles. The molecule has 1 fully saturated rings. The van der Waals surface area contributed by atoms with E-state index in [0.717, 1.165) is 19.3 Å². The first-order valence-electron chi connectivity index (χ1n) is 6.44. The average Bonchev–Trinajstić information content (AvgIpc) is 3.09. The second-order valence-electron chi connectivity index (χ2n) is 4.98. The van der Waals surface area contributed by atoms with Crippen LogP contribution in [0.15, 0.2) is 0 Å². The summed E-state index contributed by atoms with van der Waals surface area (Å²) in [6.45, 7) is 0.871.